The lowest BCUT2D eigenvalue weighted by atomic mass is 10.0. The first-order chi connectivity index (χ1) is 16.0. The zero-order valence-electron chi connectivity index (χ0n) is 19.2. The number of rotatable bonds is 7. The van der Waals surface area contributed by atoms with Crippen molar-refractivity contribution >= 4 is 28.4 Å². The van der Waals surface area contributed by atoms with Gasteiger partial charge in [0.1, 0.15) is 5.82 Å². The highest BCUT2D eigenvalue weighted by Gasteiger charge is 2.27. The van der Waals surface area contributed by atoms with Gasteiger partial charge in [0.05, 0.1) is 10.9 Å². The van der Waals surface area contributed by atoms with Gasteiger partial charge in [-0.25, -0.2) is 0 Å². The summed E-state index contributed by atoms with van der Waals surface area (Å²) in [6.45, 7) is 6.15. The van der Waals surface area contributed by atoms with Crippen molar-refractivity contribution in [1.82, 2.24) is 20.1 Å². The molecule has 5 nitrogen and oxygen atoms in total. The van der Waals surface area contributed by atoms with Gasteiger partial charge in [-0.3, -0.25) is 9.36 Å². The summed E-state index contributed by atoms with van der Waals surface area (Å²) in [5.74, 6) is 0.934. The maximum Gasteiger partial charge on any atom is 0.233 e. The molecule has 168 valence electrons. The molecule has 4 aromatic rings. The van der Waals surface area contributed by atoms with Gasteiger partial charge in [-0.2, -0.15) is 0 Å². The van der Waals surface area contributed by atoms with Gasteiger partial charge in [-0.1, -0.05) is 71.9 Å². The molecule has 1 N–H and O–H groups in total. The number of hydrogen-bond donors (Lipinski definition) is 1. The average Bonchev–Trinajstić information content (AvgIpc) is 3.54. The average molecular weight is 457 g/mol. The van der Waals surface area contributed by atoms with E-state index in [1.165, 1.54) is 33.7 Å². The summed E-state index contributed by atoms with van der Waals surface area (Å²) in [4.78, 5) is 12.6. The van der Waals surface area contributed by atoms with Crippen LogP contribution in [0.4, 0.5) is 0 Å². The molecule has 1 unspecified atom stereocenters. The summed E-state index contributed by atoms with van der Waals surface area (Å²) in [6.07, 6.45) is 2.82. The second kappa shape index (κ2) is 9.02. The van der Waals surface area contributed by atoms with E-state index in [0.29, 0.717) is 12.5 Å². The fourth-order valence-corrected chi connectivity index (χ4v) is 5.05. The van der Waals surface area contributed by atoms with Gasteiger partial charge < -0.3 is 5.32 Å². The van der Waals surface area contributed by atoms with Crippen LogP contribution >= 0.6 is 11.8 Å². The summed E-state index contributed by atoms with van der Waals surface area (Å²) in [5.41, 5.74) is 4.64. The van der Waals surface area contributed by atoms with E-state index in [1.54, 1.807) is 0 Å². The SMILES string of the molecule is Cc1ccc(-n2c(Cc3cccc4ccccc34)nnc2SC(C)C(=O)NC2CC2)c(C)c1. The topological polar surface area (TPSA) is 59.8 Å². The molecule has 1 saturated carbocycles. The zero-order chi connectivity index (χ0) is 22.9. The lowest BCUT2D eigenvalue weighted by Crippen LogP contribution is -2.32. The maximum absolute atomic E-state index is 12.6. The molecule has 1 aliphatic carbocycles. The molecule has 0 aliphatic heterocycles. The van der Waals surface area contributed by atoms with E-state index in [9.17, 15) is 4.79 Å². The molecule has 0 radical (unpaired) electrons. The van der Waals surface area contributed by atoms with Crippen molar-refractivity contribution in [1.29, 1.82) is 0 Å². The Bertz CT molecular complexity index is 1320. The molecule has 1 fully saturated rings. The minimum atomic E-state index is -0.246. The van der Waals surface area contributed by atoms with Crippen molar-refractivity contribution in [2.24, 2.45) is 0 Å². The molecule has 1 atom stereocenters. The van der Waals surface area contributed by atoms with Gasteiger partial charge in [0.25, 0.3) is 0 Å². The summed E-state index contributed by atoms with van der Waals surface area (Å²) in [7, 11) is 0. The van der Waals surface area contributed by atoms with Crippen LogP contribution in [0.15, 0.2) is 65.8 Å². The van der Waals surface area contributed by atoms with Crippen LogP contribution in [0.1, 0.15) is 42.3 Å². The third-order valence-corrected chi connectivity index (χ3v) is 7.14. The Morgan fingerprint density at radius 3 is 2.67 bits per heavy atom. The van der Waals surface area contributed by atoms with Gasteiger partial charge in [0.15, 0.2) is 5.16 Å². The highest BCUT2D eigenvalue weighted by molar-refractivity contribution is 8.00. The molecule has 5 rings (SSSR count). The second-order valence-electron chi connectivity index (χ2n) is 8.88. The molecule has 6 heteroatoms. The van der Waals surface area contributed by atoms with Crippen molar-refractivity contribution < 1.29 is 4.79 Å². The Morgan fingerprint density at radius 2 is 1.88 bits per heavy atom. The van der Waals surface area contributed by atoms with Gasteiger partial charge in [0.2, 0.25) is 5.91 Å². The predicted octanol–water partition coefficient (Wildman–Crippen LogP) is 5.39. The number of nitrogens with one attached hydrogen (secondary N) is 1. The fraction of sp³-hybridized carbons (Fsp3) is 0.296. The smallest absolute Gasteiger partial charge is 0.233 e. The summed E-state index contributed by atoms with van der Waals surface area (Å²) in [5, 5.41) is 15.2. The van der Waals surface area contributed by atoms with Crippen LogP contribution in [0.2, 0.25) is 0 Å². The number of hydrogen-bond acceptors (Lipinski definition) is 4. The Balaban J connectivity index is 1.54. The Labute approximate surface area is 198 Å². The van der Waals surface area contributed by atoms with Crippen molar-refractivity contribution in [2.75, 3.05) is 0 Å². The number of carbonyl (C=O) groups is 1. The standard InChI is InChI=1S/C27H28N4OS/c1-17-11-14-24(18(2)15-17)31-25(16-21-9-6-8-20-7-4-5-10-23(20)21)29-30-27(31)33-19(3)26(32)28-22-12-13-22/h4-11,14-15,19,22H,12-13,16H2,1-3H3,(H,28,32). The van der Waals surface area contributed by atoms with Crippen LogP contribution in [-0.4, -0.2) is 32.0 Å². The number of fused-ring (bicyclic) bond motifs is 1. The van der Waals surface area contributed by atoms with E-state index < -0.39 is 0 Å². The number of carbonyl (C=O) groups excluding carboxylic acids is 1. The maximum atomic E-state index is 12.6. The van der Waals surface area contributed by atoms with E-state index in [0.717, 1.165) is 35.1 Å². The predicted molar refractivity (Wildman–Crippen MR) is 134 cm³/mol. The van der Waals surface area contributed by atoms with E-state index in [1.807, 2.05) is 6.92 Å². The van der Waals surface area contributed by atoms with Gasteiger partial charge in [-0.15, -0.1) is 10.2 Å². The normalized spacial score (nSPS) is 14.4. The largest absolute Gasteiger partial charge is 0.352 e. The molecule has 0 saturated heterocycles. The molecular formula is C27H28N4OS. The number of nitrogens with zero attached hydrogens (tertiary/aromatic N) is 3. The highest BCUT2D eigenvalue weighted by Crippen LogP contribution is 2.30. The highest BCUT2D eigenvalue weighted by atomic mass is 32.2. The van der Waals surface area contributed by atoms with E-state index in [4.69, 9.17) is 0 Å². The number of thioether (sulfide) groups is 1. The number of aryl methyl sites for hydroxylation is 2. The van der Waals surface area contributed by atoms with Crippen LogP contribution < -0.4 is 5.32 Å². The van der Waals surface area contributed by atoms with Crippen molar-refractivity contribution in [3.63, 3.8) is 0 Å². The van der Waals surface area contributed by atoms with Crippen molar-refractivity contribution in [3.8, 4) is 5.69 Å². The molecule has 33 heavy (non-hydrogen) atoms. The first-order valence-corrected chi connectivity index (χ1v) is 12.3. The fourth-order valence-electron chi connectivity index (χ4n) is 4.16. The lowest BCUT2D eigenvalue weighted by Gasteiger charge is -2.16. The molecule has 3 aromatic carbocycles. The molecule has 1 aromatic heterocycles. The third kappa shape index (κ3) is 4.67. The molecular weight excluding hydrogens is 428 g/mol. The summed E-state index contributed by atoms with van der Waals surface area (Å²) >= 11 is 1.47. The van der Waals surface area contributed by atoms with Crippen LogP contribution in [-0.2, 0) is 11.2 Å². The number of amides is 1. The first kappa shape index (κ1) is 21.7. The summed E-state index contributed by atoms with van der Waals surface area (Å²) in [6, 6.07) is 21.6. The zero-order valence-corrected chi connectivity index (χ0v) is 20.0. The van der Waals surface area contributed by atoms with Crippen LogP contribution in [0.5, 0.6) is 0 Å². The Hall–Kier alpha value is -3.12. The molecule has 1 heterocycles. The molecule has 1 aliphatic rings. The second-order valence-corrected chi connectivity index (χ2v) is 10.2. The third-order valence-electron chi connectivity index (χ3n) is 6.10. The van der Waals surface area contributed by atoms with Crippen LogP contribution in [0.3, 0.4) is 0 Å². The number of benzene rings is 3. The lowest BCUT2D eigenvalue weighted by molar-refractivity contribution is -0.120. The van der Waals surface area contributed by atoms with Crippen LogP contribution in [0.25, 0.3) is 16.5 Å². The quantitative estimate of drug-likeness (QED) is 0.379. The first-order valence-electron chi connectivity index (χ1n) is 11.4. The summed E-state index contributed by atoms with van der Waals surface area (Å²) < 4.78 is 2.13. The van der Waals surface area contributed by atoms with Gasteiger partial charge in [-0.05, 0) is 61.6 Å². The van der Waals surface area contributed by atoms with Crippen molar-refractivity contribution in [2.45, 2.75) is 56.5 Å². The number of aromatic nitrogens is 3. The van der Waals surface area contributed by atoms with E-state index >= 15 is 0 Å². The molecule has 0 bridgehead atoms. The monoisotopic (exact) mass is 456 g/mol. The Kier molecular flexibility index (Phi) is 5.94. The minimum absolute atomic E-state index is 0.0632. The minimum Gasteiger partial charge on any atom is -0.352 e. The molecule has 1 amide bonds. The van der Waals surface area contributed by atoms with E-state index in [2.05, 4.69) is 94.6 Å². The van der Waals surface area contributed by atoms with Gasteiger partial charge in [0, 0.05) is 12.5 Å². The van der Waals surface area contributed by atoms with Crippen LogP contribution in [0, 0.1) is 13.8 Å². The van der Waals surface area contributed by atoms with Crippen molar-refractivity contribution in [3.05, 3.63) is 83.2 Å². The van der Waals surface area contributed by atoms with E-state index in [-0.39, 0.29) is 11.2 Å². The molecule has 0 spiro atoms. The van der Waals surface area contributed by atoms with Gasteiger partial charge >= 0.3 is 0 Å². The Morgan fingerprint density at radius 1 is 1.09 bits per heavy atom.